The Morgan fingerprint density at radius 3 is 2.78 bits per heavy atom. The quantitative estimate of drug-likeness (QED) is 0.738. The molecule has 1 aliphatic rings. The zero-order valence-electron chi connectivity index (χ0n) is 10.5. The predicted octanol–water partition coefficient (Wildman–Crippen LogP) is 0.424. The van der Waals surface area contributed by atoms with Gasteiger partial charge >= 0.3 is 5.97 Å². The molecule has 0 bridgehead atoms. The molecule has 0 atom stereocenters. The van der Waals surface area contributed by atoms with Crippen molar-refractivity contribution in [2.24, 2.45) is 0 Å². The summed E-state index contributed by atoms with van der Waals surface area (Å²) in [5, 5.41) is 3.16. The highest BCUT2D eigenvalue weighted by Gasteiger charge is 2.47. The molecule has 18 heavy (non-hydrogen) atoms. The fourth-order valence-corrected chi connectivity index (χ4v) is 1.88. The fraction of sp³-hybridized carbons (Fsp3) is 0.500. The number of nitrogens with one attached hydrogen (secondary N) is 1. The predicted molar refractivity (Wildman–Crippen MR) is 66.1 cm³/mol. The zero-order chi connectivity index (χ0) is 13.2. The average Bonchev–Trinajstić information content (AvgIpc) is 3.17. The second-order valence-electron chi connectivity index (χ2n) is 4.30. The minimum absolute atomic E-state index is 0.148. The van der Waals surface area contributed by atoms with Gasteiger partial charge in [0.15, 0.2) is 0 Å². The van der Waals surface area contributed by atoms with Crippen molar-refractivity contribution in [1.29, 1.82) is 0 Å². The molecule has 0 aromatic carbocycles. The van der Waals surface area contributed by atoms with Crippen molar-refractivity contribution in [3.8, 4) is 5.88 Å². The van der Waals surface area contributed by atoms with Crippen molar-refractivity contribution < 1.29 is 14.3 Å². The smallest absolute Gasteiger partial charge is 0.319 e. The number of rotatable bonds is 5. The van der Waals surface area contributed by atoms with Crippen molar-refractivity contribution in [3.05, 3.63) is 17.8 Å². The lowest BCUT2D eigenvalue weighted by molar-refractivity contribution is -0.139. The fourth-order valence-electron chi connectivity index (χ4n) is 1.88. The number of aromatic nitrogens is 1. The number of nitrogen functional groups attached to an aromatic ring is 1. The lowest BCUT2D eigenvalue weighted by atomic mass is 10.1. The van der Waals surface area contributed by atoms with Crippen LogP contribution < -0.4 is 15.8 Å². The standard InChI is InChI=1S/C12H17N3O3/c1-17-9-4-3-8(13)11(15-9)12(5-6-12)14-7-10(16)18-2/h3-4,14H,5-7,13H2,1-2H3. The molecule has 1 heterocycles. The van der Waals surface area contributed by atoms with Crippen LogP contribution in [0.1, 0.15) is 18.5 Å². The third-order valence-corrected chi connectivity index (χ3v) is 3.11. The van der Waals surface area contributed by atoms with Gasteiger partial charge in [-0.05, 0) is 18.9 Å². The molecular weight excluding hydrogens is 234 g/mol. The maximum absolute atomic E-state index is 11.2. The average molecular weight is 251 g/mol. The first kappa shape index (κ1) is 12.6. The number of methoxy groups -OCH3 is 2. The molecule has 0 amide bonds. The molecule has 98 valence electrons. The third-order valence-electron chi connectivity index (χ3n) is 3.11. The molecule has 0 aliphatic heterocycles. The van der Waals surface area contributed by atoms with Crippen LogP contribution in [0.25, 0.3) is 0 Å². The van der Waals surface area contributed by atoms with Gasteiger partial charge in [-0.25, -0.2) is 4.98 Å². The zero-order valence-corrected chi connectivity index (χ0v) is 10.5. The maximum Gasteiger partial charge on any atom is 0.319 e. The topological polar surface area (TPSA) is 86.5 Å². The Bertz CT molecular complexity index is 458. The van der Waals surface area contributed by atoms with Gasteiger partial charge in [-0.3, -0.25) is 10.1 Å². The van der Waals surface area contributed by atoms with Gasteiger partial charge in [0.05, 0.1) is 37.7 Å². The van der Waals surface area contributed by atoms with E-state index in [9.17, 15) is 4.79 Å². The van der Waals surface area contributed by atoms with Crippen molar-refractivity contribution >= 4 is 11.7 Å². The van der Waals surface area contributed by atoms with Crippen LogP contribution in [0.5, 0.6) is 5.88 Å². The lowest BCUT2D eigenvalue weighted by Crippen LogP contribution is -2.35. The van der Waals surface area contributed by atoms with Gasteiger partial charge in [0.2, 0.25) is 5.88 Å². The summed E-state index contributed by atoms with van der Waals surface area (Å²) in [6.07, 6.45) is 1.79. The number of carbonyl (C=O) groups excluding carboxylic acids is 1. The Morgan fingerprint density at radius 1 is 1.50 bits per heavy atom. The van der Waals surface area contributed by atoms with Crippen LogP contribution in [0, 0.1) is 0 Å². The Morgan fingerprint density at radius 2 is 2.22 bits per heavy atom. The monoisotopic (exact) mass is 251 g/mol. The van der Waals surface area contributed by atoms with E-state index >= 15 is 0 Å². The summed E-state index contributed by atoms with van der Waals surface area (Å²) in [6.45, 7) is 0.148. The molecule has 1 saturated carbocycles. The minimum atomic E-state index is -0.313. The van der Waals surface area contributed by atoms with E-state index in [0.29, 0.717) is 11.6 Å². The molecular formula is C12H17N3O3. The van der Waals surface area contributed by atoms with Gasteiger partial charge < -0.3 is 15.2 Å². The highest BCUT2D eigenvalue weighted by molar-refractivity contribution is 5.71. The first-order chi connectivity index (χ1) is 8.61. The molecule has 1 fully saturated rings. The van der Waals surface area contributed by atoms with E-state index in [1.54, 1.807) is 19.2 Å². The molecule has 0 spiro atoms. The van der Waals surface area contributed by atoms with Crippen molar-refractivity contribution in [2.75, 3.05) is 26.5 Å². The van der Waals surface area contributed by atoms with Crippen LogP contribution >= 0.6 is 0 Å². The lowest BCUT2D eigenvalue weighted by Gasteiger charge is -2.18. The number of esters is 1. The molecule has 3 N–H and O–H groups in total. The van der Waals surface area contributed by atoms with Crippen molar-refractivity contribution in [1.82, 2.24) is 10.3 Å². The highest BCUT2D eigenvalue weighted by Crippen LogP contribution is 2.47. The molecule has 1 aromatic heterocycles. The minimum Gasteiger partial charge on any atom is -0.481 e. The first-order valence-electron chi connectivity index (χ1n) is 5.74. The second-order valence-corrected chi connectivity index (χ2v) is 4.30. The summed E-state index contributed by atoms with van der Waals surface area (Å²) in [5.74, 6) is 0.216. The number of pyridine rings is 1. The SMILES string of the molecule is COC(=O)CNC1(c2nc(OC)ccc2N)CC1. The molecule has 1 aliphatic carbocycles. The van der Waals surface area contributed by atoms with Gasteiger partial charge in [0, 0.05) is 6.07 Å². The van der Waals surface area contributed by atoms with Crippen molar-refractivity contribution in [2.45, 2.75) is 18.4 Å². The normalized spacial score (nSPS) is 16.1. The van der Waals surface area contributed by atoms with Crippen LogP contribution in [0.3, 0.4) is 0 Å². The molecule has 6 nitrogen and oxygen atoms in total. The molecule has 6 heteroatoms. The Labute approximate surface area is 105 Å². The first-order valence-corrected chi connectivity index (χ1v) is 5.74. The van der Waals surface area contributed by atoms with Gasteiger partial charge in [-0.15, -0.1) is 0 Å². The van der Waals surface area contributed by atoms with E-state index in [4.69, 9.17) is 10.5 Å². The molecule has 1 aromatic rings. The summed E-state index contributed by atoms with van der Waals surface area (Å²) in [7, 11) is 2.92. The van der Waals surface area contributed by atoms with E-state index in [1.165, 1.54) is 7.11 Å². The van der Waals surface area contributed by atoms with E-state index in [0.717, 1.165) is 18.5 Å². The summed E-state index contributed by atoms with van der Waals surface area (Å²) in [4.78, 5) is 15.5. The van der Waals surface area contributed by atoms with Gasteiger partial charge in [-0.1, -0.05) is 0 Å². The van der Waals surface area contributed by atoms with Crippen LogP contribution in [-0.2, 0) is 15.1 Å². The Balaban J connectivity index is 2.17. The number of ether oxygens (including phenoxy) is 2. The van der Waals surface area contributed by atoms with E-state index < -0.39 is 0 Å². The van der Waals surface area contributed by atoms with Crippen LogP contribution in [-0.4, -0.2) is 31.7 Å². The van der Waals surface area contributed by atoms with E-state index in [-0.39, 0.29) is 18.1 Å². The highest BCUT2D eigenvalue weighted by atomic mass is 16.5. The maximum atomic E-state index is 11.2. The van der Waals surface area contributed by atoms with Gasteiger partial charge in [0.25, 0.3) is 0 Å². The number of anilines is 1. The van der Waals surface area contributed by atoms with Gasteiger partial charge in [-0.2, -0.15) is 0 Å². The summed E-state index contributed by atoms with van der Waals surface area (Å²) >= 11 is 0. The number of nitrogens with two attached hydrogens (primary N) is 1. The summed E-state index contributed by atoms with van der Waals surface area (Å²) < 4.78 is 9.70. The summed E-state index contributed by atoms with van der Waals surface area (Å²) in [6, 6.07) is 3.48. The van der Waals surface area contributed by atoms with Crippen molar-refractivity contribution in [3.63, 3.8) is 0 Å². The third kappa shape index (κ3) is 2.38. The molecule has 0 unspecified atom stereocenters. The van der Waals surface area contributed by atoms with E-state index in [2.05, 4.69) is 15.0 Å². The molecule has 0 radical (unpaired) electrons. The van der Waals surface area contributed by atoms with Crippen LogP contribution in [0.15, 0.2) is 12.1 Å². The van der Waals surface area contributed by atoms with E-state index in [1.807, 2.05) is 0 Å². The van der Waals surface area contributed by atoms with Gasteiger partial charge in [0.1, 0.15) is 0 Å². The van der Waals surface area contributed by atoms with Crippen LogP contribution in [0.4, 0.5) is 5.69 Å². The molecule has 0 saturated heterocycles. The van der Waals surface area contributed by atoms with Crippen LogP contribution in [0.2, 0.25) is 0 Å². The number of hydrogen-bond donors (Lipinski definition) is 2. The number of nitrogens with zero attached hydrogens (tertiary/aromatic N) is 1. The Kier molecular flexibility index (Phi) is 3.38. The number of hydrogen-bond acceptors (Lipinski definition) is 6. The molecule has 2 rings (SSSR count). The number of carbonyl (C=O) groups is 1. The summed E-state index contributed by atoms with van der Waals surface area (Å²) in [5.41, 5.74) is 6.97. The largest absolute Gasteiger partial charge is 0.481 e. The second kappa shape index (κ2) is 4.81. The Hall–Kier alpha value is -1.82.